The van der Waals surface area contributed by atoms with E-state index in [-0.39, 0.29) is 6.04 Å². The number of nitrogens with two attached hydrogens (primary N) is 1. The Morgan fingerprint density at radius 1 is 1.55 bits per heavy atom. The molecule has 1 rings (SSSR count). The van der Waals surface area contributed by atoms with Gasteiger partial charge in [-0.1, -0.05) is 18.5 Å². The van der Waals surface area contributed by atoms with Gasteiger partial charge in [0.25, 0.3) is 0 Å². The number of aromatic nitrogens is 2. The van der Waals surface area contributed by atoms with Gasteiger partial charge in [-0.15, -0.1) is 0 Å². The van der Waals surface area contributed by atoms with Crippen LogP contribution in [0.5, 0.6) is 0 Å². The fourth-order valence-corrected chi connectivity index (χ4v) is 2.53. The van der Waals surface area contributed by atoms with Crippen LogP contribution in [0.1, 0.15) is 38.9 Å². The predicted molar refractivity (Wildman–Crippen MR) is 79.5 cm³/mol. The van der Waals surface area contributed by atoms with Crippen LogP contribution < -0.4 is 11.3 Å². The van der Waals surface area contributed by atoms with Gasteiger partial charge in [0.2, 0.25) is 0 Å². The summed E-state index contributed by atoms with van der Waals surface area (Å²) in [5, 5.41) is 4.86. The van der Waals surface area contributed by atoms with E-state index in [1.807, 2.05) is 18.5 Å². The van der Waals surface area contributed by atoms with Gasteiger partial charge >= 0.3 is 0 Å². The lowest BCUT2D eigenvalue weighted by atomic mass is 9.91. The molecule has 116 valence electrons. The van der Waals surface area contributed by atoms with Crippen molar-refractivity contribution in [3.63, 3.8) is 0 Å². The average molecular weight is 305 g/mol. The Morgan fingerprint density at radius 2 is 2.25 bits per heavy atom. The van der Waals surface area contributed by atoms with Crippen molar-refractivity contribution in [1.82, 2.24) is 15.2 Å². The van der Waals surface area contributed by atoms with Crippen molar-refractivity contribution in [1.29, 1.82) is 0 Å². The second-order valence-electron chi connectivity index (χ2n) is 4.79. The van der Waals surface area contributed by atoms with Crippen molar-refractivity contribution in [3.8, 4) is 0 Å². The highest BCUT2D eigenvalue weighted by Crippen LogP contribution is 2.35. The topological polar surface area (TPSA) is 74.3 Å². The lowest BCUT2D eigenvalue weighted by molar-refractivity contribution is -0.0584. The number of hydrogen-bond acceptors (Lipinski definition) is 5. The maximum absolute atomic E-state index is 6.29. The molecule has 0 fully saturated rings. The minimum atomic E-state index is -0.460. The van der Waals surface area contributed by atoms with Gasteiger partial charge in [-0.05, 0) is 20.3 Å². The van der Waals surface area contributed by atoms with E-state index in [4.69, 9.17) is 26.9 Å². The summed E-state index contributed by atoms with van der Waals surface area (Å²) in [4.78, 5) is 0. The minimum absolute atomic E-state index is 0.251. The molecule has 0 aliphatic rings. The molecule has 1 aromatic heterocycles. The second kappa shape index (κ2) is 7.95. The quantitative estimate of drug-likeness (QED) is 0.538. The molecule has 1 heterocycles. The van der Waals surface area contributed by atoms with E-state index < -0.39 is 5.60 Å². The van der Waals surface area contributed by atoms with Crippen LogP contribution in [0.3, 0.4) is 0 Å². The van der Waals surface area contributed by atoms with Crippen molar-refractivity contribution < 1.29 is 9.47 Å². The van der Waals surface area contributed by atoms with E-state index >= 15 is 0 Å². The number of nitrogens with zero attached hydrogens (tertiary/aromatic N) is 2. The molecule has 0 saturated heterocycles. The van der Waals surface area contributed by atoms with Crippen LogP contribution in [0, 0.1) is 0 Å². The summed E-state index contributed by atoms with van der Waals surface area (Å²) in [6.45, 7) is 7.81. The number of methoxy groups -OCH3 is 1. The summed E-state index contributed by atoms with van der Waals surface area (Å²) < 4.78 is 12.8. The highest BCUT2D eigenvalue weighted by molar-refractivity contribution is 6.31. The first kappa shape index (κ1) is 17.4. The largest absolute Gasteiger partial charge is 0.383 e. The molecule has 2 atom stereocenters. The zero-order valence-corrected chi connectivity index (χ0v) is 13.4. The predicted octanol–water partition coefficient (Wildman–Crippen LogP) is 1.89. The zero-order valence-electron chi connectivity index (χ0n) is 12.6. The average Bonchev–Trinajstić information content (AvgIpc) is 2.79. The van der Waals surface area contributed by atoms with Crippen LogP contribution in [0.4, 0.5) is 0 Å². The molecule has 0 bridgehead atoms. The molecular weight excluding hydrogens is 280 g/mol. The molecule has 3 N–H and O–H groups in total. The Labute approximate surface area is 125 Å². The number of halogens is 1. The molecular formula is C13H25ClN4O2. The van der Waals surface area contributed by atoms with Crippen molar-refractivity contribution in [2.45, 2.75) is 45.4 Å². The summed E-state index contributed by atoms with van der Waals surface area (Å²) >= 11 is 6.29. The van der Waals surface area contributed by atoms with Gasteiger partial charge in [0.1, 0.15) is 0 Å². The summed E-state index contributed by atoms with van der Waals surface area (Å²) in [6.07, 6.45) is 2.42. The van der Waals surface area contributed by atoms with Gasteiger partial charge in [0.05, 0.1) is 41.7 Å². The first-order chi connectivity index (χ1) is 9.53. The summed E-state index contributed by atoms with van der Waals surface area (Å²) in [5.41, 5.74) is 3.19. The molecule has 1 aromatic rings. The first-order valence-corrected chi connectivity index (χ1v) is 7.22. The van der Waals surface area contributed by atoms with Crippen molar-refractivity contribution in [2.24, 2.45) is 5.84 Å². The van der Waals surface area contributed by atoms with Crippen molar-refractivity contribution >= 4 is 11.6 Å². The van der Waals surface area contributed by atoms with E-state index in [2.05, 4.69) is 17.4 Å². The molecule has 2 unspecified atom stereocenters. The van der Waals surface area contributed by atoms with Crippen LogP contribution in [0.25, 0.3) is 0 Å². The summed E-state index contributed by atoms with van der Waals surface area (Å²) in [5.74, 6) is 5.76. The molecule has 0 aliphatic heterocycles. The third-order valence-electron chi connectivity index (χ3n) is 3.57. The molecule has 6 nitrogen and oxygen atoms in total. The Bertz CT molecular complexity index is 413. The molecule has 7 heteroatoms. The first-order valence-electron chi connectivity index (χ1n) is 6.84. The Balaban J connectivity index is 3.13. The molecule has 0 aliphatic carbocycles. The fraction of sp³-hybridized carbons (Fsp3) is 0.769. The van der Waals surface area contributed by atoms with E-state index in [9.17, 15) is 0 Å². The van der Waals surface area contributed by atoms with Gasteiger partial charge in [-0.2, -0.15) is 5.10 Å². The van der Waals surface area contributed by atoms with Crippen molar-refractivity contribution in [2.75, 3.05) is 20.3 Å². The van der Waals surface area contributed by atoms with E-state index in [1.165, 1.54) is 0 Å². The van der Waals surface area contributed by atoms with E-state index in [0.29, 0.717) is 24.8 Å². The SMILES string of the molecule is CCOC(C)(CC)C(NN)c1c(Cl)cnn1CCOC. The summed E-state index contributed by atoms with van der Waals surface area (Å²) in [7, 11) is 1.65. The van der Waals surface area contributed by atoms with Crippen molar-refractivity contribution in [3.05, 3.63) is 16.9 Å². The number of hydrogen-bond donors (Lipinski definition) is 2. The van der Waals surface area contributed by atoms with Gasteiger partial charge < -0.3 is 9.47 Å². The highest BCUT2D eigenvalue weighted by Gasteiger charge is 2.37. The molecule has 0 amide bonds. The zero-order chi connectivity index (χ0) is 15.2. The fourth-order valence-electron chi connectivity index (χ4n) is 2.28. The maximum Gasteiger partial charge on any atom is 0.0930 e. The third-order valence-corrected chi connectivity index (χ3v) is 3.86. The number of ether oxygens (including phenoxy) is 2. The molecule has 0 saturated carbocycles. The number of hydrazine groups is 1. The van der Waals surface area contributed by atoms with E-state index in [0.717, 1.165) is 12.1 Å². The maximum atomic E-state index is 6.29. The number of nitrogens with one attached hydrogen (secondary N) is 1. The summed E-state index contributed by atoms with van der Waals surface area (Å²) in [6, 6.07) is -0.251. The van der Waals surface area contributed by atoms with Gasteiger partial charge in [0.15, 0.2) is 0 Å². The lowest BCUT2D eigenvalue weighted by Crippen LogP contribution is -2.47. The highest BCUT2D eigenvalue weighted by atomic mass is 35.5. The Kier molecular flexibility index (Phi) is 6.91. The van der Waals surface area contributed by atoms with Gasteiger partial charge in [0, 0.05) is 13.7 Å². The number of rotatable bonds is 9. The molecule has 0 spiro atoms. The molecule has 0 aromatic carbocycles. The monoisotopic (exact) mass is 304 g/mol. The van der Waals surface area contributed by atoms with Crippen LogP contribution in [0.2, 0.25) is 5.02 Å². The van der Waals surface area contributed by atoms with Crippen LogP contribution >= 0.6 is 11.6 Å². The van der Waals surface area contributed by atoms with E-state index in [1.54, 1.807) is 13.3 Å². The van der Waals surface area contributed by atoms with Crippen LogP contribution in [-0.2, 0) is 16.0 Å². The molecule has 0 radical (unpaired) electrons. The normalized spacial score (nSPS) is 16.1. The second-order valence-corrected chi connectivity index (χ2v) is 5.20. The van der Waals surface area contributed by atoms with Crippen LogP contribution in [-0.4, -0.2) is 35.7 Å². The lowest BCUT2D eigenvalue weighted by Gasteiger charge is -2.36. The third kappa shape index (κ3) is 3.71. The molecule has 20 heavy (non-hydrogen) atoms. The standard InChI is InChI=1S/C13H25ClN4O2/c1-5-13(3,20-6-2)12(17-15)11-10(14)9-16-18(11)7-8-19-4/h9,12,17H,5-8,15H2,1-4H3. The Morgan fingerprint density at radius 3 is 2.75 bits per heavy atom. The van der Waals surface area contributed by atoms with Gasteiger partial charge in [-0.25, -0.2) is 5.43 Å². The minimum Gasteiger partial charge on any atom is -0.383 e. The Hall–Kier alpha value is -0.660. The van der Waals surface area contributed by atoms with Crippen LogP contribution in [0.15, 0.2) is 6.20 Å². The smallest absolute Gasteiger partial charge is 0.0930 e. The van der Waals surface area contributed by atoms with Gasteiger partial charge in [-0.3, -0.25) is 10.5 Å².